The van der Waals surface area contributed by atoms with Crippen molar-refractivity contribution in [3.8, 4) is 11.1 Å². The van der Waals surface area contributed by atoms with Crippen LogP contribution in [0.15, 0.2) is 82.6 Å². The molecule has 0 amide bonds. The average Bonchev–Trinajstić information content (AvgIpc) is 2.90. The Balaban J connectivity index is 1.88. The number of carbonyl (C=O) groups is 1. The Kier molecular flexibility index (Phi) is 7.05. The normalized spacial score (nSPS) is 17.1. The molecule has 0 aliphatic carbocycles. The number of carboxylic acids is 1. The van der Waals surface area contributed by atoms with Crippen molar-refractivity contribution in [2.24, 2.45) is 0 Å². The van der Waals surface area contributed by atoms with Crippen LogP contribution in [0.5, 0.6) is 0 Å². The molecule has 0 radical (unpaired) electrons. The zero-order valence-corrected chi connectivity index (χ0v) is 22.2. The Hall–Kier alpha value is -3.96. The van der Waals surface area contributed by atoms with E-state index in [0.29, 0.717) is 11.0 Å². The molecule has 208 valence electrons. The summed E-state index contributed by atoms with van der Waals surface area (Å²) in [4.78, 5) is 25.7. The number of rotatable bonds is 6. The van der Waals surface area contributed by atoms with Crippen molar-refractivity contribution >= 4 is 26.8 Å². The number of hydrogen-bond acceptors (Lipinski definition) is 4. The molecule has 7 nitrogen and oxygen atoms in total. The number of pyridine rings is 1. The Bertz CT molecular complexity index is 1790. The van der Waals surface area contributed by atoms with Gasteiger partial charge in [0.2, 0.25) is 0 Å². The first-order valence-electron chi connectivity index (χ1n) is 12.6. The smallest absolute Gasteiger partial charge is 0.416 e. The van der Waals surface area contributed by atoms with Crippen LogP contribution in [0.1, 0.15) is 36.1 Å². The summed E-state index contributed by atoms with van der Waals surface area (Å²) >= 11 is 0. The van der Waals surface area contributed by atoms with Crippen molar-refractivity contribution < 1.29 is 31.5 Å². The van der Waals surface area contributed by atoms with E-state index in [1.54, 1.807) is 19.1 Å². The van der Waals surface area contributed by atoms with E-state index < -0.39 is 50.9 Å². The lowest BCUT2D eigenvalue weighted by atomic mass is 9.93. The minimum atomic E-state index is -4.71. The van der Waals surface area contributed by atoms with Crippen molar-refractivity contribution in [2.45, 2.75) is 37.0 Å². The Morgan fingerprint density at radius 1 is 1.00 bits per heavy atom. The number of benzene rings is 3. The molecule has 1 aliphatic rings. The van der Waals surface area contributed by atoms with Crippen molar-refractivity contribution in [1.29, 1.82) is 0 Å². The van der Waals surface area contributed by atoms with Crippen LogP contribution in [-0.4, -0.2) is 41.5 Å². The van der Waals surface area contributed by atoms with Crippen molar-refractivity contribution in [3.05, 3.63) is 99.8 Å². The van der Waals surface area contributed by atoms with Gasteiger partial charge < -0.3 is 5.11 Å². The van der Waals surface area contributed by atoms with Crippen LogP contribution in [0.4, 0.5) is 13.2 Å². The highest BCUT2D eigenvalue weighted by Gasteiger charge is 2.43. The standard InChI is InChI=1S/C29H25F3N2O5S/c1-2-13-33-17-24(28(36)37)34-25(35)16-21(14-19-9-5-8-18-7-3-4-12-23(18)19)26(27(34)40(33,38)39)20-10-6-11-22(15-20)29(30,31)32/h3-12,15-16,24H,2,13-14,17H2,1H3,(H,36,37). The second kappa shape index (κ2) is 10.2. The molecular weight excluding hydrogens is 545 g/mol. The second-order valence-corrected chi connectivity index (χ2v) is 11.5. The van der Waals surface area contributed by atoms with E-state index in [9.17, 15) is 36.3 Å². The van der Waals surface area contributed by atoms with E-state index in [-0.39, 0.29) is 29.7 Å². The van der Waals surface area contributed by atoms with Crippen molar-refractivity contribution in [3.63, 3.8) is 0 Å². The predicted octanol–water partition coefficient (Wildman–Crippen LogP) is 5.32. The van der Waals surface area contributed by atoms with E-state index in [4.69, 9.17) is 0 Å². The lowest BCUT2D eigenvalue weighted by Crippen LogP contribution is -2.49. The van der Waals surface area contributed by atoms with Gasteiger partial charge in [-0.1, -0.05) is 61.5 Å². The fourth-order valence-corrected chi connectivity index (χ4v) is 7.27. The van der Waals surface area contributed by atoms with Crippen LogP contribution < -0.4 is 5.56 Å². The lowest BCUT2D eigenvalue weighted by molar-refractivity contribution is -0.141. The Labute approximate surface area is 228 Å². The first-order valence-corrected chi connectivity index (χ1v) is 14.0. The van der Waals surface area contributed by atoms with Crippen LogP contribution in [0.25, 0.3) is 21.9 Å². The fraction of sp³-hybridized carbons (Fsp3) is 0.241. The molecule has 2 heterocycles. The van der Waals surface area contributed by atoms with Gasteiger partial charge in [-0.05, 0) is 52.4 Å². The number of aromatic nitrogens is 1. The molecule has 11 heteroatoms. The highest BCUT2D eigenvalue weighted by atomic mass is 32.2. The van der Waals surface area contributed by atoms with Gasteiger partial charge in [0.05, 0.1) is 5.56 Å². The Morgan fingerprint density at radius 2 is 1.70 bits per heavy atom. The number of alkyl halides is 3. The summed E-state index contributed by atoms with van der Waals surface area (Å²) < 4.78 is 70.8. The first-order chi connectivity index (χ1) is 18.9. The largest absolute Gasteiger partial charge is 0.480 e. The number of hydrogen-bond donors (Lipinski definition) is 1. The van der Waals surface area contributed by atoms with Crippen molar-refractivity contribution in [1.82, 2.24) is 8.87 Å². The molecule has 0 spiro atoms. The molecule has 1 N–H and O–H groups in total. The molecule has 1 aliphatic heterocycles. The predicted molar refractivity (Wildman–Crippen MR) is 144 cm³/mol. The molecule has 1 aromatic heterocycles. The topological polar surface area (TPSA) is 96.7 Å². The van der Waals surface area contributed by atoms with Gasteiger partial charge in [0, 0.05) is 24.7 Å². The van der Waals surface area contributed by atoms with E-state index in [1.165, 1.54) is 6.07 Å². The molecule has 40 heavy (non-hydrogen) atoms. The third kappa shape index (κ3) is 4.79. The van der Waals surface area contributed by atoms with Gasteiger partial charge in [0.25, 0.3) is 15.6 Å². The number of aliphatic carboxylic acids is 1. The fourth-order valence-electron chi connectivity index (χ4n) is 5.29. The SMILES string of the molecule is CCCN1CC(C(=O)O)n2c(c(-c3cccc(C(F)(F)F)c3)c(Cc3cccc4ccccc34)cc2=O)S1(=O)=O. The van der Waals surface area contributed by atoms with Gasteiger partial charge in [0.1, 0.15) is 6.04 Å². The molecule has 1 atom stereocenters. The molecule has 3 aromatic carbocycles. The minimum Gasteiger partial charge on any atom is -0.480 e. The van der Waals surface area contributed by atoms with Crippen LogP contribution in [-0.2, 0) is 27.4 Å². The van der Waals surface area contributed by atoms with Gasteiger partial charge in [0.15, 0.2) is 5.03 Å². The van der Waals surface area contributed by atoms with Crippen LogP contribution >= 0.6 is 0 Å². The minimum absolute atomic E-state index is 0.0180. The summed E-state index contributed by atoms with van der Waals surface area (Å²) in [6.45, 7) is 1.23. The zero-order chi connectivity index (χ0) is 28.8. The molecule has 0 bridgehead atoms. The quantitative estimate of drug-likeness (QED) is 0.339. The highest BCUT2D eigenvalue weighted by molar-refractivity contribution is 7.89. The van der Waals surface area contributed by atoms with Crippen LogP contribution in [0.3, 0.4) is 0 Å². The average molecular weight is 571 g/mol. The maximum Gasteiger partial charge on any atom is 0.416 e. The van der Waals surface area contributed by atoms with Gasteiger partial charge in [-0.2, -0.15) is 17.5 Å². The van der Waals surface area contributed by atoms with Crippen molar-refractivity contribution in [2.75, 3.05) is 13.1 Å². The maximum atomic E-state index is 14.0. The van der Waals surface area contributed by atoms with Crippen LogP contribution in [0.2, 0.25) is 0 Å². The summed E-state index contributed by atoms with van der Waals surface area (Å²) in [5, 5.41) is 11.1. The number of halogens is 3. The van der Waals surface area contributed by atoms with E-state index in [1.807, 2.05) is 30.3 Å². The summed E-state index contributed by atoms with van der Waals surface area (Å²) in [6.07, 6.45) is -4.32. The maximum absolute atomic E-state index is 14.0. The molecule has 0 fully saturated rings. The summed E-state index contributed by atoms with van der Waals surface area (Å²) in [5.41, 5.74) is -1.15. The molecular formula is C29H25F3N2O5S. The highest BCUT2D eigenvalue weighted by Crippen LogP contribution is 2.40. The molecule has 0 saturated carbocycles. The summed E-state index contributed by atoms with van der Waals surface area (Å²) in [5.74, 6) is -1.42. The third-order valence-corrected chi connectivity index (χ3v) is 8.96. The molecule has 5 rings (SSSR count). The Morgan fingerprint density at radius 3 is 2.40 bits per heavy atom. The van der Waals surface area contributed by atoms with Gasteiger partial charge >= 0.3 is 12.1 Å². The number of carboxylic acid groups (broad SMARTS) is 1. The molecule has 1 unspecified atom stereocenters. The van der Waals surface area contributed by atoms with E-state index >= 15 is 0 Å². The zero-order valence-electron chi connectivity index (χ0n) is 21.4. The first kappa shape index (κ1) is 27.6. The molecule has 0 saturated heterocycles. The van der Waals surface area contributed by atoms with Gasteiger partial charge in [-0.15, -0.1) is 0 Å². The summed E-state index contributed by atoms with van der Waals surface area (Å²) in [6, 6.07) is 16.7. The van der Waals surface area contributed by atoms with Gasteiger partial charge in [-0.25, -0.2) is 13.2 Å². The number of nitrogens with zero attached hydrogens (tertiary/aromatic N) is 2. The number of fused-ring (bicyclic) bond motifs is 2. The van der Waals surface area contributed by atoms with E-state index in [2.05, 4.69) is 0 Å². The second-order valence-electron chi connectivity index (χ2n) is 9.67. The van der Waals surface area contributed by atoms with E-state index in [0.717, 1.165) is 44.9 Å². The molecule has 4 aromatic rings. The summed E-state index contributed by atoms with van der Waals surface area (Å²) in [7, 11) is -4.47. The lowest BCUT2D eigenvalue weighted by Gasteiger charge is -2.35. The monoisotopic (exact) mass is 570 g/mol. The third-order valence-electron chi connectivity index (χ3n) is 7.06. The van der Waals surface area contributed by atoms with Crippen LogP contribution in [0, 0.1) is 0 Å². The van der Waals surface area contributed by atoms with Gasteiger partial charge in [-0.3, -0.25) is 9.36 Å². The number of sulfonamides is 1.